The number of rotatable bonds is 6. The van der Waals surface area contributed by atoms with E-state index in [0.717, 1.165) is 12.8 Å². The van der Waals surface area contributed by atoms with Gasteiger partial charge < -0.3 is 14.2 Å². The number of carbonyl (C=O) groups excluding carboxylic acids is 4. The van der Waals surface area contributed by atoms with Gasteiger partial charge in [0.05, 0.1) is 26.7 Å². The van der Waals surface area contributed by atoms with Gasteiger partial charge in [0.15, 0.2) is 5.78 Å². The number of hydrogen-bond acceptors (Lipinski definition) is 7. The molecule has 0 saturated heterocycles. The molecule has 0 spiro atoms. The maximum Gasteiger partial charge on any atom is 0.320 e. The molecule has 1 saturated carbocycles. The van der Waals surface area contributed by atoms with E-state index in [1.165, 1.54) is 14.2 Å². The topological polar surface area (TPSA) is 96.0 Å². The predicted molar refractivity (Wildman–Crippen MR) is 88.5 cm³/mol. The summed E-state index contributed by atoms with van der Waals surface area (Å²) in [6, 6.07) is 0. The van der Waals surface area contributed by atoms with Crippen molar-refractivity contribution in [1.82, 2.24) is 0 Å². The van der Waals surface area contributed by atoms with E-state index in [0.29, 0.717) is 19.3 Å². The van der Waals surface area contributed by atoms with Crippen LogP contribution in [0.2, 0.25) is 0 Å². The second kappa shape index (κ2) is 10.2. The average Bonchev–Trinajstić information content (AvgIpc) is 2.68. The van der Waals surface area contributed by atoms with Crippen LogP contribution in [0.1, 0.15) is 58.3 Å². The van der Waals surface area contributed by atoms with E-state index in [9.17, 15) is 19.2 Å². The molecule has 1 rings (SSSR count). The number of carbonyl (C=O) groups is 4. The Balaban J connectivity index is 3.31. The van der Waals surface area contributed by atoms with Gasteiger partial charge in [-0.25, -0.2) is 0 Å². The molecule has 1 aliphatic carbocycles. The number of methoxy groups -OCH3 is 2. The Bertz CT molecular complexity index is 500. The highest BCUT2D eigenvalue weighted by Gasteiger charge is 2.55. The van der Waals surface area contributed by atoms with Crippen LogP contribution in [0.4, 0.5) is 0 Å². The molecule has 0 aliphatic heterocycles. The lowest BCUT2D eigenvalue weighted by atomic mass is 9.66. The van der Waals surface area contributed by atoms with Crippen molar-refractivity contribution in [2.45, 2.75) is 58.3 Å². The zero-order chi connectivity index (χ0) is 18.9. The zero-order valence-corrected chi connectivity index (χ0v) is 15.3. The first-order chi connectivity index (χ1) is 11.9. The molecule has 0 unspecified atom stereocenters. The van der Waals surface area contributed by atoms with Crippen molar-refractivity contribution >= 4 is 23.7 Å². The van der Waals surface area contributed by atoms with E-state index >= 15 is 0 Å². The van der Waals surface area contributed by atoms with Gasteiger partial charge in [-0.2, -0.15) is 0 Å². The lowest BCUT2D eigenvalue weighted by Crippen LogP contribution is -2.50. The fourth-order valence-corrected chi connectivity index (χ4v) is 3.50. The van der Waals surface area contributed by atoms with Gasteiger partial charge in [0.1, 0.15) is 5.41 Å². The Morgan fingerprint density at radius 3 is 2.36 bits per heavy atom. The summed E-state index contributed by atoms with van der Waals surface area (Å²) in [4.78, 5) is 49.9. The first-order valence-corrected chi connectivity index (χ1v) is 8.79. The van der Waals surface area contributed by atoms with Crippen molar-refractivity contribution < 1.29 is 33.4 Å². The molecule has 0 aromatic rings. The van der Waals surface area contributed by atoms with Crippen molar-refractivity contribution in [1.29, 1.82) is 0 Å². The van der Waals surface area contributed by atoms with Crippen molar-refractivity contribution in [3.05, 3.63) is 0 Å². The summed E-state index contributed by atoms with van der Waals surface area (Å²) >= 11 is 0. The number of Topliss-reactive ketones (excluding diaryl/α,β-unsaturated/α-hetero) is 1. The number of hydrogen-bond donors (Lipinski definition) is 0. The van der Waals surface area contributed by atoms with Gasteiger partial charge in [-0.05, 0) is 26.2 Å². The molecule has 0 radical (unpaired) electrons. The van der Waals surface area contributed by atoms with Crippen LogP contribution in [0.15, 0.2) is 0 Å². The maximum absolute atomic E-state index is 13.0. The fourth-order valence-electron chi connectivity index (χ4n) is 3.50. The summed E-state index contributed by atoms with van der Waals surface area (Å²) in [6.45, 7) is 1.88. The van der Waals surface area contributed by atoms with Gasteiger partial charge in [0.2, 0.25) is 0 Å². The molecule has 0 bridgehead atoms. The van der Waals surface area contributed by atoms with Crippen LogP contribution in [0, 0.1) is 11.3 Å². The van der Waals surface area contributed by atoms with Crippen molar-refractivity contribution in [2.75, 3.05) is 20.8 Å². The number of ether oxygens (including phenoxy) is 3. The average molecular weight is 356 g/mol. The molecule has 0 amide bonds. The van der Waals surface area contributed by atoms with E-state index in [-0.39, 0.29) is 31.7 Å². The summed E-state index contributed by atoms with van der Waals surface area (Å²) < 4.78 is 14.7. The second-order valence-electron chi connectivity index (χ2n) is 6.22. The molecule has 1 aliphatic rings. The van der Waals surface area contributed by atoms with Crippen LogP contribution in [0.25, 0.3) is 0 Å². The van der Waals surface area contributed by atoms with Crippen LogP contribution < -0.4 is 0 Å². The summed E-state index contributed by atoms with van der Waals surface area (Å²) in [6.07, 6.45) is 3.34. The highest BCUT2D eigenvalue weighted by molar-refractivity contribution is 6.07. The second-order valence-corrected chi connectivity index (χ2v) is 6.22. The van der Waals surface area contributed by atoms with Crippen molar-refractivity contribution in [3.63, 3.8) is 0 Å². The van der Waals surface area contributed by atoms with E-state index in [2.05, 4.69) is 0 Å². The molecule has 0 aromatic carbocycles. The normalized spacial score (nSPS) is 24.4. The van der Waals surface area contributed by atoms with E-state index in [1.807, 2.05) is 0 Å². The monoisotopic (exact) mass is 356 g/mol. The van der Waals surface area contributed by atoms with E-state index in [4.69, 9.17) is 14.2 Å². The van der Waals surface area contributed by atoms with Crippen LogP contribution in [-0.2, 0) is 33.4 Å². The summed E-state index contributed by atoms with van der Waals surface area (Å²) in [5.74, 6) is -3.23. The van der Waals surface area contributed by atoms with Crippen molar-refractivity contribution in [2.24, 2.45) is 11.3 Å². The first-order valence-electron chi connectivity index (χ1n) is 8.79. The van der Waals surface area contributed by atoms with Gasteiger partial charge in [0, 0.05) is 12.8 Å². The standard InChI is InChI=1S/C18H28O7/c1-4-25-15(20)11-12-18(17(22)24-3)13(16(21)23-2)9-7-5-6-8-10-14(18)19/h13H,4-12H2,1-3H3/t13-,18+/m1/s1. The Labute approximate surface area is 148 Å². The van der Waals surface area contributed by atoms with Crippen molar-refractivity contribution in [3.8, 4) is 0 Å². The molecular weight excluding hydrogens is 328 g/mol. The quantitative estimate of drug-likeness (QED) is 0.409. The minimum absolute atomic E-state index is 0.114. The third-order valence-electron chi connectivity index (χ3n) is 4.80. The van der Waals surface area contributed by atoms with Gasteiger partial charge in [-0.1, -0.05) is 19.3 Å². The van der Waals surface area contributed by atoms with Crippen LogP contribution in [0.5, 0.6) is 0 Å². The lowest BCUT2D eigenvalue weighted by molar-refractivity contribution is -0.173. The molecule has 142 valence electrons. The van der Waals surface area contributed by atoms with Gasteiger partial charge in [-0.15, -0.1) is 0 Å². The molecule has 25 heavy (non-hydrogen) atoms. The van der Waals surface area contributed by atoms with Crippen LogP contribution >= 0.6 is 0 Å². The lowest BCUT2D eigenvalue weighted by Gasteiger charge is -2.35. The molecular formula is C18H28O7. The van der Waals surface area contributed by atoms with Gasteiger partial charge >= 0.3 is 17.9 Å². The summed E-state index contributed by atoms with van der Waals surface area (Å²) in [7, 11) is 2.41. The molecule has 0 aromatic heterocycles. The van der Waals surface area contributed by atoms with E-state index < -0.39 is 29.2 Å². The molecule has 1 fully saturated rings. The molecule has 7 heteroatoms. The van der Waals surface area contributed by atoms with Gasteiger partial charge in [-0.3, -0.25) is 19.2 Å². The smallest absolute Gasteiger partial charge is 0.320 e. The summed E-state index contributed by atoms with van der Waals surface area (Å²) in [5.41, 5.74) is -1.70. The van der Waals surface area contributed by atoms with Crippen LogP contribution in [-0.4, -0.2) is 44.5 Å². The summed E-state index contributed by atoms with van der Waals surface area (Å²) in [5, 5.41) is 0. The predicted octanol–water partition coefficient (Wildman–Crippen LogP) is 2.20. The third-order valence-corrected chi connectivity index (χ3v) is 4.80. The third kappa shape index (κ3) is 5.03. The Morgan fingerprint density at radius 1 is 1.08 bits per heavy atom. The van der Waals surface area contributed by atoms with Crippen LogP contribution in [0.3, 0.4) is 0 Å². The molecule has 0 heterocycles. The largest absolute Gasteiger partial charge is 0.469 e. The van der Waals surface area contributed by atoms with E-state index in [1.54, 1.807) is 6.92 Å². The Hall–Kier alpha value is -1.92. The highest BCUT2D eigenvalue weighted by Crippen LogP contribution is 2.42. The minimum Gasteiger partial charge on any atom is -0.469 e. The SMILES string of the molecule is CCOC(=O)CC[C@@]1(C(=O)OC)C(=O)CCCCCC[C@@H]1C(=O)OC. The molecule has 7 nitrogen and oxygen atoms in total. The fraction of sp³-hybridized carbons (Fsp3) is 0.778. The number of ketones is 1. The first kappa shape index (κ1) is 21.1. The van der Waals surface area contributed by atoms with Gasteiger partial charge in [0.25, 0.3) is 0 Å². The molecule has 2 atom stereocenters. The zero-order valence-electron chi connectivity index (χ0n) is 15.3. The number of esters is 3. The highest BCUT2D eigenvalue weighted by atomic mass is 16.5. The maximum atomic E-state index is 13.0. The molecule has 0 N–H and O–H groups in total. The Kier molecular flexibility index (Phi) is 8.58. The minimum atomic E-state index is -1.70. The Morgan fingerprint density at radius 2 is 1.76 bits per heavy atom.